The van der Waals surface area contributed by atoms with Crippen molar-refractivity contribution < 1.29 is 0 Å². The van der Waals surface area contributed by atoms with Crippen LogP contribution in [0.4, 0.5) is 5.69 Å². The first-order chi connectivity index (χ1) is 8.11. The number of thioether (sulfide) groups is 1. The third kappa shape index (κ3) is 3.39. The lowest BCUT2D eigenvalue weighted by Gasteiger charge is -2.24. The second-order valence-electron chi connectivity index (χ2n) is 5.22. The van der Waals surface area contributed by atoms with Crippen molar-refractivity contribution >= 4 is 17.4 Å². The second kappa shape index (κ2) is 5.32. The molecular weight excluding hydrogens is 228 g/mol. The van der Waals surface area contributed by atoms with Crippen molar-refractivity contribution in [2.24, 2.45) is 5.73 Å². The fraction of sp³-hybridized carbons (Fsp3) is 0.571. The van der Waals surface area contributed by atoms with Crippen LogP contribution < -0.4 is 10.6 Å². The number of hydrogen-bond donors (Lipinski definition) is 1. The molecule has 2 nitrogen and oxygen atoms in total. The molecule has 0 bridgehead atoms. The van der Waals surface area contributed by atoms with E-state index in [-0.39, 0.29) is 0 Å². The Bertz CT molecular complexity index is 359. The maximum atomic E-state index is 5.62. The van der Waals surface area contributed by atoms with Gasteiger partial charge in [0.15, 0.2) is 0 Å². The summed E-state index contributed by atoms with van der Waals surface area (Å²) in [5, 5.41) is 0. The van der Waals surface area contributed by atoms with E-state index in [0.29, 0.717) is 11.3 Å². The van der Waals surface area contributed by atoms with E-state index in [1.165, 1.54) is 23.4 Å². The lowest BCUT2D eigenvalue weighted by Crippen LogP contribution is -2.26. The molecule has 0 amide bonds. The fourth-order valence-corrected chi connectivity index (χ4v) is 3.22. The van der Waals surface area contributed by atoms with Gasteiger partial charge in [-0.3, -0.25) is 0 Å². The highest BCUT2D eigenvalue weighted by atomic mass is 32.2. The molecule has 1 heterocycles. The summed E-state index contributed by atoms with van der Waals surface area (Å²) in [6.07, 6.45) is 1.25. The SMILES string of the molecule is CC1(C)CCN(c2ccc(CN)cc2)CCS1. The average molecular weight is 250 g/mol. The molecule has 0 radical (unpaired) electrons. The number of hydrogen-bond acceptors (Lipinski definition) is 3. The van der Waals surface area contributed by atoms with Crippen molar-refractivity contribution in [1.82, 2.24) is 0 Å². The van der Waals surface area contributed by atoms with Crippen LogP contribution in [0.3, 0.4) is 0 Å². The molecule has 1 aromatic carbocycles. The average Bonchev–Trinajstić information content (AvgIpc) is 2.50. The van der Waals surface area contributed by atoms with E-state index in [4.69, 9.17) is 5.73 Å². The van der Waals surface area contributed by atoms with Gasteiger partial charge in [0.25, 0.3) is 0 Å². The van der Waals surface area contributed by atoms with E-state index in [0.717, 1.165) is 13.1 Å². The maximum Gasteiger partial charge on any atom is 0.0366 e. The molecule has 2 N–H and O–H groups in total. The summed E-state index contributed by atoms with van der Waals surface area (Å²) in [5.74, 6) is 1.21. The Hall–Kier alpha value is -0.670. The predicted octanol–water partition coefficient (Wildman–Crippen LogP) is 2.87. The Kier molecular flexibility index (Phi) is 4.00. The highest BCUT2D eigenvalue weighted by Gasteiger charge is 2.23. The third-order valence-corrected chi connectivity index (χ3v) is 4.75. The molecule has 1 saturated heterocycles. The first-order valence-corrected chi connectivity index (χ1v) is 7.27. The Morgan fingerprint density at radius 1 is 1.24 bits per heavy atom. The Labute approximate surface area is 109 Å². The van der Waals surface area contributed by atoms with Gasteiger partial charge in [-0.2, -0.15) is 11.8 Å². The molecule has 0 unspecified atom stereocenters. The van der Waals surface area contributed by atoms with Crippen molar-refractivity contribution in [2.45, 2.75) is 31.6 Å². The van der Waals surface area contributed by atoms with Gasteiger partial charge >= 0.3 is 0 Å². The van der Waals surface area contributed by atoms with Gasteiger partial charge in [-0.15, -0.1) is 0 Å². The number of rotatable bonds is 2. The van der Waals surface area contributed by atoms with Crippen LogP contribution in [0.1, 0.15) is 25.8 Å². The summed E-state index contributed by atoms with van der Waals surface area (Å²) in [6, 6.07) is 8.67. The van der Waals surface area contributed by atoms with Crippen LogP contribution in [-0.4, -0.2) is 23.6 Å². The van der Waals surface area contributed by atoms with Crippen LogP contribution in [0.2, 0.25) is 0 Å². The van der Waals surface area contributed by atoms with Crippen LogP contribution in [0, 0.1) is 0 Å². The summed E-state index contributed by atoms with van der Waals surface area (Å²) in [6.45, 7) is 7.62. The second-order valence-corrected chi connectivity index (χ2v) is 7.02. The van der Waals surface area contributed by atoms with E-state index in [9.17, 15) is 0 Å². The zero-order valence-electron chi connectivity index (χ0n) is 10.8. The van der Waals surface area contributed by atoms with Crippen LogP contribution in [0.25, 0.3) is 0 Å². The summed E-state index contributed by atoms with van der Waals surface area (Å²) in [7, 11) is 0. The van der Waals surface area contributed by atoms with Gasteiger partial charge in [-0.1, -0.05) is 26.0 Å². The van der Waals surface area contributed by atoms with E-state index in [1.54, 1.807) is 0 Å². The molecule has 0 saturated carbocycles. The van der Waals surface area contributed by atoms with Crippen LogP contribution in [0.5, 0.6) is 0 Å². The smallest absolute Gasteiger partial charge is 0.0366 e. The van der Waals surface area contributed by atoms with Gasteiger partial charge in [-0.05, 0) is 24.1 Å². The van der Waals surface area contributed by atoms with Gasteiger partial charge in [0.05, 0.1) is 0 Å². The van der Waals surface area contributed by atoms with Crippen molar-refractivity contribution in [1.29, 1.82) is 0 Å². The molecule has 2 rings (SSSR count). The van der Waals surface area contributed by atoms with Gasteiger partial charge in [0.1, 0.15) is 0 Å². The first-order valence-electron chi connectivity index (χ1n) is 6.29. The van der Waals surface area contributed by atoms with E-state index in [2.05, 4.69) is 54.8 Å². The monoisotopic (exact) mass is 250 g/mol. The highest BCUT2D eigenvalue weighted by molar-refractivity contribution is 8.00. The van der Waals surface area contributed by atoms with Gasteiger partial charge in [0.2, 0.25) is 0 Å². The molecule has 1 aliphatic heterocycles. The minimum Gasteiger partial charge on any atom is -0.371 e. The van der Waals surface area contributed by atoms with Crippen molar-refractivity contribution in [2.75, 3.05) is 23.7 Å². The number of nitrogens with two attached hydrogens (primary N) is 1. The molecule has 1 fully saturated rings. The van der Waals surface area contributed by atoms with Gasteiger partial charge in [-0.25, -0.2) is 0 Å². The minimum absolute atomic E-state index is 0.423. The molecule has 3 heteroatoms. The molecule has 1 aliphatic rings. The standard InChI is InChI=1S/C14H22N2S/c1-14(2)7-8-16(9-10-17-14)13-5-3-12(11-15)4-6-13/h3-6H,7-11,15H2,1-2H3. The number of anilines is 1. The highest BCUT2D eigenvalue weighted by Crippen LogP contribution is 2.32. The summed E-state index contributed by atoms with van der Waals surface area (Å²) in [4.78, 5) is 2.49. The zero-order chi connectivity index (χ0) is 12.3. The zero-order valence-corrected chi connectivity index (χ0v) is 11.6. The fourth-order valence-electron chi connectivity index (χ4n) is 2.12. The molecule has 1 aromatic rings. The van der Waals surface area contributed by atoms with E-state index >= 15 is 0 Å². The third-order valence-electron chi connectivity index (χ3n) is 3.37. The summed E-state index contributed by atoms with van der Waals surface area (Å²) < 4.78 is 0.423. The normalized spacial score (nSPS) is 20.1. The molecule has 94 valence electrons. The van der Waals surface area contributed by atoms with Gasteiger partial charge < -0.3 is 10.6 Å². The molecule has 0 aromatic heterocycles. The topological polar surface area (TPSA) is 29.3 Å². The van der Waals surface area contributed by atoms with Crippen molar-refractivity contribution in [3.8, 4) is 0 Å². The summed E-state index contributed by atoms with van der Waals surface area (Å²) >= 11 is 2.09. The lowest BCUT2D eigenvalue weighted by atomic mass is 10.1. The van der Waals surface area contributed by atoms with Crippen LogP contribution in [-0.2, 0) is 6.54 Å². The lowest BCUT2D eigenvalue weighted by molar-refractivity contribution is 0.638. The molecular formula is C14H22N2S. The first kappa shape index (κ1) is 12.8. The van der Waals surface area contributed by atoms with E-state index in [1.807, 2.05) is 0 Å². The predicted molar refractivity (Wildman–Crippen MR) is 77.7 cm³/mol. The quantitative estimate of drug-likeness (QED) is 0.875. The Balaban J connectivity index is 2.06. The molecule has 0 spiro atoms. The Morgan fingerprint density at radius 2 is 1.94 bits per heavy atom. The van der Waals surface area contributed by atoms with Crippen molar-refractivity contribution in [3.05, 3.63) is 29.8 Å². The largest absolute Gasteiger partial charge is 0.371 e. The number of nitrogens with zero attached hydrogens (tertiary/aromatic N) is 1. The molecule has 0 atom stereocenters. The Morgan fingerprint density at radius 3 is 2.59 bits per heavy atom. The number of benzene rings is 1. The minimum atomic E-state index is 0.423. The van der Waals surface area contributed by atoms with Crippen LogP contribution >= 0.6 is 11.8 Å². The molecule has 0 aliphatic carbocycles. The van der Waals surface area contributed by atoms with Crippen molar-refractivity contribution in [3.63, 3.8) is 0 Å². The molecule has 17 heavy (non-hydrogen) atoms. The van der Waals surface area contributed by atoms with E-state index < -0.39 is 0 Å². The maximum absolute atomic E-state index is 5.62. The van der Waals surface area contributed by atoms with Gasteiger partial charge in [0, 0.05) is 35.8 Å². The van der Waals surface area contributed by atoms with Crippen LogP contribution in [0.15, 0.2) is 24.3 Å². The summed E-state index contributed by atoms with van der Waals surface area (Å²) in [5.41, 5.74) is 8.16.